The first-order valence-electron chi connectivity index (χ1n) is 18.8. The van der Waals surface area contributed by atoms with Crippen LogP contribution in [0.25, 0.3) is 82.5 Å². The molecule has 3 heteroatoms. The molecule has 258 valence electrons. The molecule has 55 heavy (non-hydrogen) atoms. The molecule has 0 aliphatic rings. The van der Waals surface area contributed by atoms with Crippen LogP contribution >= 0.6 is 0 Å². The lowest BCUT2D eigenvalue weighted by Gasteiger charge is -2.28. The van der Waals surface area contributed by atoms with Crippen LogP contribution in [-0.2, 0) is 0 Å². The molecule has 2 aromatic heterocycles. The van der Waals surface area contributed by atoms with Crippen LogP contribution in [0.15, 0.2) is 211 Å². The molecule has 0 spiro atoms. The zero-order chi connectivity index (χ0) is 36.3. The molecule has 0 fully saturated rings. The molecule has 2 heterocycles. The first-order valence-corrected chi connectivity index (χ1v) is 18.8. The van der Waals surface area contributed by atoms with Gasteiger partial charge in [0.1, 0.15) is 11.2 Å². The standard InChI is InChI=1S/C52H34N2O/c1-3-14-35(15-4-1)43-22-9-11-24-48(43)53(42-27-28-45-44-23-10-12-25-51(44)55-52(45)34-42)41-21-13-18-36(30-41)39-26-29-49-46(32-39)47-31-37-16-7-8-17-38(37)33-50(47)54(49)40-19-5-2-6-20-40/h1-34H. The van der Waals surface area contributed by atoms with Crippen molar-refractivity contribution in [1.29, 1.82) is 0 Å². The molecule has 0 radical (unpaired) electrons. The summed E-state index contributed by atoms with van der Waals surface area (Å²) in [7, 11) is 0. The highest BCUT2D eigenvalue weighted by Gasteiger charge is 2.20. The van der Waals surface area contributed by atoms with E-state index in [9.17, 15) is 0 Å². The van der Waals surface area contributed by atoms with Crippen LogP contribution in [0.4, 0.5) is 17.1 Å². The monoisotopic (exact) mass is 702 g/mol. The number of aromatic nitrogens is 1. The van der Waals surface area contributed by atoms with Gasteiger partial charge in [0.2, 0.25) is 0 Å². The maximum atomic E-state index is 6.43. The third kappa shape index (κ3) is 5.20. The lowest BCUT2D eigenvalue weighted by atomic mass is 9.99. The Kier molecular flexibility index (Phi) is 7.17. The number of nitrogens with zero attached hydrogens (tertiary/aromatic N) is 2. The molecule has 0 saturated carbocycles. The fourth-order valence-corrected chi connectivity index (χ4v) is 8.38. The molecule has 0 bridgehead atoms. The summed E-state index contributed by atoms with van der Waals surface area (Å²) in [5.74, 6) is 0. The van der Waals surface area contributed by atoms with Crippen molar-refractivity contribution >= 4 is 71.6 Å². The Morgan fingerprint density at radius 2 is 1.02 bits per heavy atom. The van der Waals surface area contributed by atoms with Crippen LogP contribution in [0.2, 0.25) is 0 Å². The van der Waals surface area contributed by atoms with E-state index in [0.29, 0.717) is 0 Å². The van der Waals surface area contributed by atoms with E-state index < -0.39 is 0 Å². The van der Waals surface area contributed by atoms with Gasteiger partial charge < -0.3 is 13.9 Å². The van der Waals surface area contributed by atoms with Gasteiger partial charge in [-0.25, -0.2) is 0 Å². The largest absolute Gasteiger partial charge is 0.456 e. The van der Waals surface area contributed by atoms with Crippen molar-refractivity contribution in [1.82, 2.24) is 4.57 Å². The summed E-state index contributed by atoms with van der Waals surface area (Å²) in [6, 6.07) is 74.0. The second-order valence-electron chi connectivity index (χ2n) is 14.2. The van der Waals surface area contributed by atoms with Crippen LogP contribution in [0.1, 0.15) is 0 Å². The molecule has 11 rings (SSSR count). The minimum absolute atomic E-state index is 0.866. The molecule has 9 aromatic carbocycles. The number of furan rings is 1. The molecule has 0 aliphatic carbocycles. The minimum atomic E-state index is 0.866. The first-order chi connectivity index (χ1) is 27.3. The Hall–Kier alpha value is -7.36. The summed E-state index contributed by atoms with van der Waals surface area (Å²) in [6.07, 6.45) is 0. The molecule has 11 aromatic rings. The smallest absolute Gasteiger partial charge is 0.137 e. The van der Waals surface area contributed by atoms with Gasteiger partial charge in [0, 0.05) is 50.2 Å². The van der Waals surface area contributed by atoms with E-state index in [1.54, 1.807) is 0 Å². The number of anilines is 3. The van der Waals surface area contributed by atoms with E-state index in [4.69, 9.17) is 4.42 Å². The van der Waals surface area contributed by atoms with Gasteiger partial charge in [-0.3, -0.25) is 0 Å². The zero-order valence-electron chi connectivity index (χ0n) is 29.9. The highest BCUT2D eigenvalue weighted by molar-refractivity contribution is 6.14. The Labute approximate surface area is 318 Å². The maximum Gasteiger partial charge on any atom is 0.137 e. The molecule has 0 aliphatic heterocycles. The lowest BCUT2D eigenvalue weighted by molar-refractivity contribution is 0.669. The van der Waals surface area contributed by atoms with Gasteiger partial charge in [0.25, 0.3) is 0 Å². The molecular formula is C52H34N2O. The summed E-state index contributed by atoms with van der Waals surface area (Å²) in [5, 5.41) is 7.19. The van der Waals surface area contributed by atoms with Gasteiger partial charge in [-0.2, -0.15) is 0 Å². The topological polar surface area (TPSA) is 21.3 Å². The van der Waals surface area contributed by atoms with Crippen molar-refractivity contribution in [2.24, 2.45) is 0 Å². The van der Waals surface area contributed by atoms with Crippen molar-refractivity contribution < 1.29 is 4.42 Å². The van der Waals surface area contributed by atoms with Crippen molar-refractivity contribution in [2.45, 2.75) is 0 Å². The van der Waals surface area contributed by atoms with Crippen molar-refractivity contribution in [3.8, 4) is 27.9 Å². The number of benzene rings is 9. The van der Waals surface area contributed by atoms with Gasteiger partial charge in [-0.1, -0.05) is 127 Å². The van der Waals surface area contributed by atoms with E-state index in [1.165, 1.54) is 38.1 Å². The van der Waals surface area contributed by atoms with Crippen LogP contribution in [0, 0.1) is 0 Å². The van der Waals surface area contributed by atoms with E-state index >= 15 is 0 Å². The van der Waals surface area contributed by atoms with E-state index in [0.717, 1.165) is 61.4 Å². The SMILES string of the molecule is c1ccc(-c2ccccc2N(c2cccc(-c3ccc4c(c3)c3cc5ccccc5cc3n4-c3ccccc3)c2)c2ccc3c(c2)oc2ccccc23)cc1. The average molecular weight is 703 g/mol. The van der Waals surface area contributed by atoms with Crippen molar-refractivity contribution in [3.63, 3.8) is 0 Å². The average Bonchev–Trinajstić information content (AvgIpc) is 3.78. The number of hydrogen-bond acceptors (Lipinski definition) is 2. The van der Waals surface area contributed by atoms with Crippen LogP contribution < -0.4 is 4.90 Å². The summed E-state index contributed by atoms with van der Waals surface area (Å²) >= 11 is 0. The van der Waals surface area contributed by atoms with Gasteiger partial charge in [-0.05, 0) is 100 Å². The molecule has 0 saturated heterocycles. The molecule has 0 unspecified atom stereocenters. The highest BCUT2D eigenvalue weighted by Crippen LogP contribution is 2.44. The Bertz CT molecular complexity index is 3210. The molecular weight excluding hydrogens is 669 g/mol. The molecule has 0 amide bonds. The Balaban J connectivity index is 1.11. The van der Waals surface area contributed by atoms with Gasteiger partial charge in [-0.15, -0.1) is 0 Å². The maximum absolute atomic E-state index is 6.43. The van der Waals surface area contributed by atoms with E-state index in [-0.39, 0.29) is 0 Å². The van der Waals surface area contributed by atoms with Crippen molar-refractivity contribution in [2.75, 3.05) is 4.90 Å². The number of hydrogen-bond donors (Lipinski definition) is 0. The van der Waals surface area contributed by atoms with Gasteiger partial charge in [0.15, 0.2) is 0 Å². The summed E-state index contributed by atoms with van der Waals surface area (Å²) in [4.78, 5) is 2.37. The number of para-hydroxylation sites is 3. The van der Waals surface area contributed by atoms with Gasteiger partial charge in [0.05, 0.1) is 16.7 Å². The molecule has 0 atom stereocenters. The van der Waals surface area contributed by atoms with E-state index in [1.807, 2.05) is 12.1 Å². The van der Waals surface area contributed by atoms with Crippen molar-refractivity contribution in [3.05, 3.63) is 206 Å². The second-order valence-corrected chi connectivity index (χ2v) is 14.2. The quantitative estimate of drug-likeness (QED) is 0.172. The molecule has 3 nitrogen and oxygen atoms in total. The fraction of sp³-hybridized carbons (Fsp3) is 0. The first kappa shape index (κ1) is 31.2. The Morgan fingerprint density at radius 1 is 0.364 bits per heavy atom. The summed E-state index contributed by atoms with van der Waals surface area (Å²) < 4.78 is 8.83. The number of rotatable bonds is 6. The minimum Gasteiger partial charge on any atom is -0.456 e. The normalized spacial score (nSPS) is 11.6. The van der Waals surface area contributed by atoms with E-state index in [2.05, 4.69) is 204 Å². The number of fused-ring (bicyclic) bond motifs is 7. The predicted octanol–water partition coefficient (Wildman–Crippen LogP) is 14.6. The van der Waals surface area contributed by atoms with Crippen LogP contribution in [0.5, 0.6) is 0 Å². The van der Waals surface area contributed by atoms with Crippen LogP contribution in [-0.4, -0.2) is 4.57 Å². The third-order valence-electron chi connectivity index (χ3n) is 10.9. The van der Waals surface area contributed by atoms with Crippen LogP contribution in [0.3, 0.4) is 0 Å². The third-order valence-corrected chi connectivity index (χ3v) is 10.9. The predicted molar refractivity (Wildman–Crippen MR) is 231 cm³/mol. The lowest BCUT2D eigenvalue weighted by Crippen LogP contribution is -2.11. The fourth-order valence-electron chi connectivity index (χ4n) is 8.38. The van der Waals surface area contributed by atoms with Gasteiger partial charge >= 0.3 is 0 Å². The second kappa shape index (κ2) is 12.6. The Morgan fingerprint density at radius 3 is 1.89 bits per heavy atom. The molecule has 0 N–H and O–H groups in total. The summed E-state index contributed by atoms with van der Waals surface area (Å²) in [5.41, 5.74) is 13.1. The zero-order valence-corrected chi connectivity index (χ0v) is 29.9. The highest BCUT2D eigenvalue weighted by atomic mass is 16.3. The summed E-state index contributed by atoms with van der Waals surface area (Å²) in [6.45, 7) is 0.